The van der Waals surface area contributed by atoms with Gasteiger partial charge in [0.1, 0.15) is 0 Å². The summed E-state index contributed by atoms with van der Waals surface area (Å²) in [7, 11) is 0. The molecule has 0 aliphatic heterocycles. The van der Waals surface area contributed by atoms with Crippen LogP contribution in [0, 0.1) is 13.8 Å². The predicted molar refractivity (Wildman–Crippen MR) is 95.8 cm³/mol. The maximum absolute atomic E-state index is 12.3. The van der Waals surface area contributed by atoms with Crippen molar-refractivity contribution in [2.24, 2.45) is 0 Å². The molecule has 3 aromatic rings. The minimum Gasteiger partial charge on any atom is -0.398 e. The molecule has 1 heterocycles. The lowest BCUT2D eigenvalue weighted by Gasteiger charge is -2.13. The third-order valence-electron chi connectivity index (χ3n) is 4.00. The van der Waals surface area contributed by atoms with Crippen LogP contribution in [-0.4, -0.2) is 9.55 Å². The number of aromatic nitrogens is 2. The molecule has 0 bridgehead atoms. The van der Waals surface area contributed by atoms with Crippen LogP contribution in [0.5, 0.6) is 0 Å². The van der Waals surface area contributed by atoms with Crippen LogP contribution in [0.25, 0.3) is 5.69 Å². The van der Waals surface area contributed by atoms with Gasteiger partial charge in [0.2, 0.25) is 0 Å². The molecular weight excluding hydrogens is 302 g/mol. The highest BCUT2D eigenvalue weighted by molar-refractivity contribution is 5.58. The molecule has 122 valence electrons. The summed E-state index contributed by atoms with van der Waals surface area (Å²) < 4.78 is 1.15. The average molecular weight is 321 g/mol. The van der Waals surface area contributed by atoms with Gasteiger partial charge in [-0.3, -0.25) is 4.79 Å². The summed E-state index contributed by atoms with van der Waals surface area (Å²) >= 11 is 0. The van der Waals surface area contributed by atoms with Crippen molar-refractivity contribution in [3.8, 4) is 5.69 Å². The molecule has 5 heteroatoms. The number of anilines is 1. The van der Waals surface area contributed by atoms with Gasteiger partial charge in [0.25, 0.3) is 5.56 Å². The van der Waals surface area contributed by atoms with Gasteiger partial charge in [0.05, 0.1) is 5.69 Å². The minimum atomic E-state index is -0.446. The van der Waals surface area contributed by atoms with Crippen molar-refractivity contribution in [1.82, 2.24) is 9.55 Å². The third kappa shape index (κ3) is 3.01. The molecule has 24 heavy (non-hydrogen) atoms. The summed E-state index contributed by atoms with van der Waals surface area (Å²) in [5.41, 5.74) is 9.87. The second kappa shape index (κ2) is 6.20. The van der Waals surface area contributed by atoms with E-state index in [4.69, 9.17) is 5.73 Å². The normalized spacial score (nSPS) is 10.8. The summed E-state index contributed by atoms with van der Waals surface area (Å²) in [4.78, 5) is 27.2. The van der Waals surface area contributed by atoms with Crippen LogP contribution in [0.4, 0.5) is 5.69 Å². The van der Waals surface area contributed by atoms with E-state index in [1.807, 2.05) is 43.3 Å². The Morgan fingerprint density at radius 1 is 1.04 bits per heavy atom. The van der Waals surface area contributed by atoms with Crippen LogP contribution < -0.4 is 17.0 Å². The number of aromatic amines is 1. The Labute approximate surface area is 139 Å². The Morgan fingerprint density at radius 3 is 2.42 bits per heavy atom. The Balaban J connectivity index is 2.15. The number of aryl methyl sites for hydroxylation is 2. The zero-order valence-corrected chi connectivity index (χ0v) is 13.7. The molecule has 1 aromatic heterocycles. The maximum atomic E-state index is 12.3. The third-order valence-corrected chi connectivity index (χ3v) is 4.00. The number of benzene rings is 2. The Hall–Kier alpha value is -3.08. The molecule has 2 aromatic carbocycles. The van der Waals surface area contributed by atoms with Crippen molar-refractivity contribution in [2.45, 2.75) is 20.3 Å². The molecule has 0 radical (unpaired) electrons. The molecule has 3 rings (SSSR count). The Kier molecular flexibility index (Phi) is 4.08. The van der Waals surface area contributed by atoms with Crippen LogP contribution in [0.15, 0.2) is 58.1 Å². The summed E-state index contributed by atoms with van der Waals surface area (Å²) in [6, 6.07) is 15.0. The molecule has 0 unspecified atom stereocenters. The van der Waals surface area contributed by atoms with E-state index >= 15 is 0 Å². The first-order valence-corrected chi connectivity index (χ1v) is 7.72. The van der Waals surface area contributed by atoms with E-state index in [1.165, 1.54) is 6.07 Å². The molecule has 0 saturated heterocycles. The topological polar surface area (TPSA) is 80.9 Å². The highest BCUT2D eigenvalue weighted by Gasteiger charge is 2.12. The second-order valence-electron chi connectivity index (χ2n) is 5.93. The molecule has 5 nitrogen and oxygen atoms in total. The van der Waals surface area contributed by atoms with Crippen LogP contribution in [-0.2, 0) is 6.42 Å². The van der Waals surface area contributed by atoms with Crippen LogP contribution in [0.2, 0.25) is 0 Å². The summed E-state index contributed by atoms with van der Waals surface area (Å²) in [6.07, 6.45) is 0.637. The molecule has 0 atom stereocenters. The maximum Gasteiger partial charge on any atom is 0.333 e. The second-order valence-corrected chi connectivity index (χ2v) is 5.93. The molecule has 0 spiro atoms. The van der Waals surface area contributed by atoms with Crippen molar-refractivity contribution in [1.29, 1.82) is 0 Å². The van der Waals surface area contributed by atoms with Gasteiger partial charge in [-0.1, -0.05) is 30.3 Å². The molecule has 0 fully saturated rings. The SMILES string of the molecule is Cc1cc(=O)n(-c2cc(Cc3ccccc3)c(N)cc2C)c(=O)[nH]1. The smallest absolute Gasteiger partial charge is 0.333 e. The summed E-state index contributed by atoms with van der Waals surface area (Å²) in [5, 5.41) is 0. The zero-order valence-electron chi connectivity index (χ0n) is 13.7. The van der Waals surface area contributed by atoms with E-state index in [9.17, 15) is 9.59 Å². The highest BCUT2D eigenvalue weighted by atomic mass is 16.2. The first-order valence-electron chi connectivity index (χ1n) is 7.72. The van der Waals surface area contributed by atoms with E-state index in [1.54, 1.807) is 13.0 Å². The summed E-state index contributed by atoms with van der Waals surface area (Å²) in [5.74, 6) is 0. The van der Waals surface area contributed by atoms with E-state index in [2.05, 4.69) is 4.98 Å². The lowest BCUT2D eigenvalue weighted by atomic mass is 10.0. The Bertz CT molecular complexity index is 970. The number of nitrogens with two attached hydrogens (primary N) is 1. The monoisotopic (exact) mass is 321 g/mol. The quantitative estimate of drug-likeness (QED) is 0.726. The van der Waals surface area contributed by atoms with E-state index in [-0.39, 0.29) is 5.56 Å². The lowest BCUT2D eigenvalue weighted by molar-refractivity contribution is 0.850. The molecular formula is C19H19N3O2. The number of nitrogen functional groups attached to an aromatic ring is 1. The van der Waals surface area contributed by atoms with Gasteiger partial charge in [-0.25, -0.2) is 9.36 Å². The van der Waals surface area contributed by atoms with Crippen molar-refractivity contribution in [3.63, 3.8) is 0 Å². The van der Waals surface area contributed by atoms with Gasteiger partial charge in [-0.05, 0) is 49.1 Å². The average Bonchev–Trinajstić information content (AvgIpc) is 2.51. The van der Waals surface area contributed by atoms with Crippen molar-refractivity contribution < 1.29 is 0 Å². The lowest BCUT2D eigenvalue weighted by Crippen LogP contribution is -2.34. The molecule has 0 aliphatic rings. The number of rotatable bonds is 3. The highest BCUT2D eigenvalue weighted by Crippen LogP contribution is 2.23. The fourth-order valence-corrected chi connectivity index (χ4v) is 2.81. The van der Waals surface area contributed by atoms with Crippen molar-refractivity contribution >= 4 is 5.69 Å². The number of hydrogen-bond donors (Lipinski definition) is 2. The molecule has 3 N–H and O–H groups in total. The van der Waals surface area contributed by atoms with E-state index < -0.39 is 5.69 Å². The van der Waals surface area contributed by atoms with Crippen LogP contribution >= 0.6 is 0 Å². The number of hydrogen-bond acceptors (Lipinski definition) is 3. The molecule has 0 saturated carbocycles. The Morgan fingerprint density at radius 2 is 1.75 bits per heavy atom. The van der Waals surface area contributed by atoms with Gasteiger partial charge >= 0.3 is 5.69 Å². The predicted octanol–water partition coefficient (Wildman–Crippen LogP) is 2.32. The molecule has 0 aliphatic carbocycles. The number of nitrogens with zero attached hydrogens (tertiary/aromatic N) is 1. The van der Waals surface area contributed by atoms with Crippen molar-refractivity contribution in [2.75, 3.05) is 5.73 Å². The number of nitrogens with one attached hydrogen (secondary N) is 1. The fraction of sp³-hybridized carbons (Fsp3) is 0.158. The van der Waals surface area contributed by atoms with Gasteiger partial charge in [-0.2, -0.15) is 0 Å². The van der Waals surface area contributed by atoms with Gasteiger partial charge in [0.15, 0.2) is 0 Å². The number of H-pyrrole nitrogens is 1. The van der Waals surface area contributed by atoms with Gasteiger partial charge in [-0.15, -0.1) is 0 Å². The first kappa shape index (κ1) is 15.8. The van der Waals surface area contributed by atoms with Gasteiger partial charge in [0, 0.05) is 17.4 Å². The zero-order chi connectivity index (χ0) is 17.3. The largest absolute Gasteiger partial charge is 0.398 e. The van der Waals surface area contributed by atoms with Crippen molar-refractivity contribution in [3.05, 3.63) is 91.8 Å². The minimum absolute atomic E-state index is 0.352. The summed E-state index contributed by atoms with van der Waals surface area (Å²) in [6.45, 7) is 3.52. The standard InChI is InChI=1S/C19H19N3O2/c1-12-8-16(20)15(10-14-6-4-3-5-7-14)11-17(12)22-18(23)9-13(2)21-19(22)24/h3-9,11H,10,20H2,1-2H3,(H,21,24). The first-order chi connectivity index (χ1) is 11.5. The van der Waals surface area contributed by atoms with Crippen LogP contribution in [0.3, 0.4) is 0 Å². The van der Waals surface area contributed by atoms with Gasteiger partial charge < -0.3 is 10.7 Å². The van der Waals surface area contributed by atoms with E-state index in [0.717, 1.165) is 21.3 Å². The van der Waals surface area contributed by atoms with E-state index in [0.29, 0.717) is 23.5 Å². The fourth-order valence-electron chi connectivity index (χ4n) is 2.81. The molecule has 0 amide bonds. The van der Waals surface area contributed by atoms with Crippen LogP contribution in [0.1, 0.15) is 22.4 Å².